The minimum atomic E-state index is 0.873. The predicted octanol–water partition coefficient (Wildman–Crippen LogP) is 4.64. The van der Waals surface area contributed by atoms with Gasteiger partial charge in [0.05, 0.1) is 0 Å². The van der Waals surface area contributed by atoms with Gasteiger partial charge in [-0.05, 0) is 21.9 Å². The first-order valence-electron chi connectivity index (χ1n) is 7.32. The Hall–Kier alpha value is -2.38. The third kappa shape index (κ3) is 3.59. The quantitative estimate of drug-likeness (QED) is 0.668. The topological polar surface area (TPSA) is 12.0 Å². The summed E-state index contributed by atoms with van der Waals surface area (Å²) in [6.07, 6.45) is 4.32. The first-order valence-corrected chi connectivity index (χ1v) is 7.32. The molecule has 1 nitrogen and oxygen atoms in total. The minimum absolute atomic E-state index is 0.873. The van der Waals surface area contributed by atoms with Crippen molar-refractivity contribution in [2.24, 2.45) is 0 Å². The van der Waals surface area contributed by atoms with Crippen molar-refractivity contribution in [2.75, 3.05) is 6.54 Å². The fourth-order valence-corrected chi connectivity index (χ4v) is 2.50. The molecule has 1 N–H and O–H groups in total. The fourth-order valence-electron chi connectivity index (χ4n) is 2.50. The van der Waals surface area contributed by atoms with Gasteiger partial charge in [0, 0.05) is 13.1 Å². The molecule has 0 amide bonds. The highest BCUT2D eigenvalue weighted by atomic mass is 14.8. The van der Waals surface area contributed by atoms with E-state index in [-0.39, 0.29) is 0 Å². The van der Waals surface area contributed by atoms with Gasteiger partial charge in [0.15, 0.2) is 0 Å². The Bertz CT molecular complexity index is 724. The van der Waals surface area contributed by atoms with E-state index in [1.54, 1.807) is 0 Å². The molecule has 0 aliphatic heterocycles. The molecule has 0 unspecified atom stereocenters. The molecule has 0 aliphatic carbocycles. The lowest BCUT2D eigenvalue weighted by molar-refractivity contribution is 0.765. The zero-order chi connectivity index (χ0) is 14.3. The van der Waals surface area contributed by atoms with E-state index in [1.165, 1.54) is 21.9 Å². The van der Waals surface area contributed by atoms with Crippen LogP contribution in [-0.2, 0) is 6.54 Å². The number of hydrogen-bond acceptors (Lipinski definition) is 1. The van der Waals surface area contributed by atoms with Crippen LogP contribution < -0.4 is 5.32 Å². The standard InChI is InChI=1S/C20H19N/c1-2-8-17(9-3-1)10-7-15-21-16-19-13-6-12-18-11-4-5-14-20(18)19/h1-14,21H,15-16H2/b10-7+. The Balaban J connectivity index is 1.59. The summed E-state index contributed by atoms with van der Waals surface area (Å²) < 4.78 is 0. The van der Waals surface area contributed by atoms with E-state index in [0.29, 0.717) is 0 Å². The monoisotopic (exact) mass is 273 g/mol. The van der Waals surface area contributed by atoms with Crippen molar-refractivity contribution in [2.45, 2.75) is 6.54 Å². The molecule has 21 heavy (non-hydrogen) atoms. The maximum atomic E-state index is 3.48. The minimum Gasteiger partial charge on any atom is -0.309 e. The van der Waals surface area contributed by atoms with E-state index < -0.39 is 0 Å². The van der Waals surface area contributed by atoms with Crippen molar-refractivity contribution in [3.8, 4) is 0 Å². The summed E-state index contributed by atoms with van der Waals surface area (Å²) in [4.78, 5) is 0. The molecule has 0 heterocycles. The van der Waals surface area contributed by atoms with E-state index in [4.69, 9.17) is 0 Å². The van der Waals surface area contributed by atoms with Crippen LogP contribution in [0.1, 0.15) is 11.1 Å². The van der Waals surface area contributed by atoms with E-state index in [2.05, 4.69) is 84.2 Å². The van der Waals surface area contributed by atoms with Crippen LogP contribution in [0.15, 0.2) is 78.9 Å². The number of rotatable bonds is 5. The normalized spacial score (nSPS) is 11.2. The lowest BCUT2D eigenvalue weighted by atomic mass is 10.0. The largest absolute Gasteiger partial charge is 0.309 e. The second kappa shape index (κ2) is 6.87. The second-order valence-electron chi connectivity index (χ2n) is 5.08. The fraction of sp³-hybridized carbons (Fsp3) is 0.100. The third-order valence-corrected chi connectivity index (χ3v) is 3.57. The summed E-state index contributed by atoms with van der Waals surface area (Å²) in [5.41, 5.74) is 2.59. The van der Waals surface area contributed by atoms with Crippen LogP contribution in [0.3, 0.4) is 0 Å². The van der Waals surface area contributed by atoms with Crippen molar-refractivity contribution in [3.05, 3.63) is 90.0 Å². The first-order chi connectivity index (χ1) is 10.4. The average Bonchev–Trinajstić information content (AvgIpc) is 2.56. The Kier molecular flexibility index (Phi) is 4.45. The zero-order valence-electron chi connectivity index (χ0n) is 12.0. The summed E-state index contributed by atoms with van der Waals surface area (Å²) in [6.45, 7) is 1.76. The van der Waals surface area contributed by atoms with Gasteiger partial charge in [0.2, 0.25) is 0 Å². The SMILES string of the molecule is C(=C\c1ccccc1)/CNCc1cccc2ccccc12. The molecule has 0 aliphatic rings. The maximum absolute atomic E-state index is 3.48. The molecule has 0 aromatic heterocycles. The van der Waals surface area contributed by atoms with Gasteiger partial charge in [-0.3, -0.25) is 0 Å². The van der Waals surface area contributed by atoms with Gasteiger partial charge in [-0.15, -0.1) is 0 Å². The van der Waals surface area contributed by atoms with Crippen LogP contribution in [0.4, 0.5) is 0 Å². The third-order valence-electron chi connectivity index (χ3n) is 3.57. The Morgan fingerprint density at radius 1 is 0.762 bits per heavy atom. The molecule has 3 aromatic carbocycles. The van der Waals surface area contributed by atoms with Crippen LogP contribution in [0.2, 0.25) is 0 Å². The number of fused-ring (bicyclic) bond motifs is 1. The maximum Gasteiger partial charge on any atom is 0.0214 e. The van der Waals surface area contributed by atoms with Crippen LogP contribution in [0, 0.1) is 0 Å². The molecular formula is C20H19N. The van der Waals surface area contributed by atoms with Crippen molar-refractivity contribution in [1.82, 2.24) is 5.32 Å². The van der Waals surface area contributed by atoms with Crippen molar-refractivity contribution in [3.63, 3.8) is 0 Å². The number of nitrogens with one attached hydrogen (secondary N) is 1. The lowest BCUT2D eigenvalue weighted by Crippen LogP contribution is -2.12. The van der Waals surface area contributed by atoms with Crippen LogP contribution in [0.25, 0.3) is 16.8 Å². The van der Waals surface area contributed by atoms with Gasteiger partial charge >= 0.3 is 0 Å². The molecule has 3 rings (SSSR count). The molecule has 104 valence electrons. The van der Waals surface area contributed by atoms with Gasteiger partial charge < -0.3 is 5.32 Å². The van der Waals surface area contributed by atoms with Gasteiger partial charge in [0.1, 0.15) is 0 Å². The smallest absolute Gasteiger partial charge is 0.0214 e. The summed E-state index contributed by atoms with van der Waals surface area (Å²) in [7, 11) is 0. The van der Waals surface area contributed by atoms with Crippen molar-refractivity contribution >= 4 is 16.8 Å². The van der Waals surface area contributed by atoms with Gasteiger partial charge in [-0.1, -0.05) is 84.9 Å². The van der Waals surface area contributed by atoms with E-state index in [0.717, 1.165) is 13.1 Å². The first kappa shape index (κ1) is 13.6. The number of hydrogen-bond donors (Lipinski definition) is 1. The highest BCUT2D eigenvalue weighted by Crippen LogP contribution is 2.18. The zero-order valence-corrected chi connectivity index (χ0v) is 12.0. The van der Waals surface area contributed by atoms with Gasteiger partial charge in [0.25, 0.3) is 0 Å². The van der Waals surface area contributed by atoms with Gasteiger partial charge in [-0.25, -0.2) is 0 Å². The van der Waals surface area contributed by atoms with Gasteiger partial charge in [-0.2, -0.15) is 0 Å². The predicted molar refractivity (Wildman–Crippen MR) is 91.1 cm³/mol. The molecule has 0 saturated carbocycles. The summed E-state index contributed by atoms with van der Waals surface area (Å²) in [5.74, 6) is 0. The second-order valence-corrected chi connectivity index (χ2v) is 5.08. The molecule has 0 fully saturated rings. The molecule has 1 heteroatoms. The highest BCUT2D eigenvalue weighted by Gasteiger charge is 1.98. The lowest BCUT2D eigenvalue weighted by Gasteiger charge is -2.06. The molecular weight excluding hydrogens is 254 g/mol. The summed E-state index contributed by atoms with van der Waals surface area (Å²) >= 11 is 0. The number of benzene rings is 3. The van der Waals surface area contributed by atoms with Crippen molar-refractivity contribution in [1.29, 1.82) is 0 Å². The Morgan fingerprint density at radius 3 is 2.43 bits per heavy atom. The van der Waals surface area contributed by atoms with Crippen molar-refractivity contribution < 1.29 is 0 Å². The summed E-state index contributed by atoms with van der Waals surface area (Å²) in [6, 6.07) is 25.4. The van der Waals surface area contributed by atoms with Crippen LogP contribution in [-0.4, -0.2) is 6.54 Å². The Morgan fingerprint density at radius 2 is 1.52 bits per heavy atom. The molecule has 0 saturated heterocycles. The summed E-state index contributed by atoms with van der Waals surface area (Å²) in [5, 5.41) is 6.11. The molecule has 0 atom stereocenters. The van der Waals surface area contributed by atoms with E-state index in [1.807, 2.05) is 6.07 Å². The van der Waals surface area contributed by atoms with Crippen LogP contribution in [0.5, 0.6) is 0 Å². The highest BCUT2D eigenvalue weighted by molar-refractivity contribution is 5.85. The molecule has 0 spiro atoms. The van der Waals surface area contributed by atoms with Crippen LogP contribution >= 0.6 is 0 Å². The molecule has 3 aromatic rings. The van der Waals surface area contributed by atoms with E-state index in [9.17, 15) is 0 Å². The molecule has 0 radical (unpaired) electrons. The molecule has 0 bridgehead atoms. The Labute approximate surface area is 125 Å². The van der Waals surface area contributed by atoms with E-state index >= 15 is 0 Å². The average molecular weight is 273 g/mol.